The van der Waals surface area contributed by atoms with Crippen LogP contribution in [0.15, 0.2) is 18.2 Å². The van der Waals surface area contributed by atoms with Crippen molar-refractivity contribution in [1.29, 1.82) is 0 Å². The van der Waals surface area contributed by atoms with Gasteiger partial charge in [0.05, 0.1) is 14.2 Å². The minimum Gasteiger partial charge on any atom is -0.493 e. The zero-order valence-corrected chi connectivity index (χ0v) is 8.99. The summed E-state index contributed by atoms with van der Waals surface area (Å²) in [5.41, 5.74) is 8.23. The highest BCUT2D eigenvalue weighted by atomic mass is 16.5. The molecule has 2 N–H and O–H groups in total. The maximum absolute atomic E-state index is 5.85. The Morgan fingerprint density at radius 1 is 1.20 bits per heavy atom. The number of nitrogens with two attached hydrogens (primary N) is 1. The van der Waals surface area contributed by atoms with Crippen molar-refractivity contribution in [3.8, 4) is 11.5 Å². The van der Waals surface area contributed by atoms with Crippen LogP contribution in [0.3, 0.4) is 0 Å². The van der Waals surface area contributed by atoms with Crippen LogP contribution in [0.1, 0.15) is 11.1 Å². The lowest BCUT2D eigenvalue weighted by Crippen LogP contribution is -2.22. The molecule has 3 nitrogen and oxygen atoms in total. The highest BCUT2D eigenvalue weighted by Gasteiger charge is 2.14. The molecule has 0 spiro atoms. The Hall–Kier alpha value is -1.48. The first-order valence-electron chi connectivity index (χ1n) is 4.93. The molecule has 0 saturated heterocycles. The molecule has 0 aromatic heterocycles. The summed E-state index contributed by atoms with van der Waals surface area (Å²) in [6, 6.07) is 4.09. The van der Waals surface area contributed by atoms with Crippen molar-refractivity contribution in [3.05, 3.63) is 29.3 Å². The first-order chi connectivity index (χ1) is 7.24. The van der Waals surface area contributed by atoms with E-state index in [4.69, 9.17) is 15.2 Å². The number of hydrogen-bond donors (Lipinski definition) is 1. The van der Waals surface area contributed by atoms with Crippen LogP contribution < -0.4 is 15.2 Å². The van der Waals surface area contributed by atoms with Gasteiger partial charge in [-0.2, -0.15) is 0 Å². The molecule has 0 heterocycles. The fraction of sp³-hybridized carbons (Fsp3) is 0.333. The maximum Gasteiger partial charge on any atom is 0.161 e. The normalized spacial score (nSPS) is 18.5. The quantitative estimate of drug-likeness (QED) is 0.797. The van der Waals surface area contributed by atoms with Gasteiger partial charge in [0.25, 0.3) is 0 Å². The van der Waals surface area contributed by atoms with Crippen LogP contribution in [-0.4, -0.2) is 20.3 Å². The van der Waals surface area contributed by atoms with Crippen LogP contribution in [0.25, 0.3) is 6.08 Å². The Kier molecular flexibility index (Phi) is 2.64. The minimum absolute atomic E-state index is 0.107. The summed E-state index contributed by atoms with van der Waals surface area (Å²) < 4.78 is 10.5. The number of rotatable bonds is 2. The Balaban J connectivity index is 2.47. The average Bonchev–Trinajstić information content (AvgIpc) is 2.27. The number of methoxy groups -OCH3 is 2. The molecule has 80 valence electrons. The van der Waals surface area contributed by atoms with Gasteiger partial charge in [-0.3, -0.25) is 0 Å². The van der Waals surface area contributed by atoms with Crippen LogP contribution >= 0.6 is 0 Å². The molecular formula is C12H15NO2. The summed E-state index contributed by atoms with van der Waals surface area (Å²) in [5, 5.41) is 0. The van der Waals surface area contributed by atoms with E-state index >= 15 is 0 Å². The van der Waals surface area contributed by atoms with Gasteiger partial charge in [-0.05, 0) is 29.7 Å². The second-order valence-corrected chi connectivity index (χ2v) is 3.63. The minimum atomic E-state index is 0.107. The molecule has 0 bridgehead atoms. The molecule has 0 radical (unpaired) electrons. The molecule has 0 amide bonds. The first kappa shape index (κ1) is 10.1. The van der Waals surface area contributed by atoms with Gasteiger partial charge in [0, 0.05) is 6.04 Å². The average molecular weight is 205 g/mol. The Morgan fingerprint density at radius 3 is 2.53 bits per heavy atom. The largest absolute Gasteiger partial charge is 0.493 e. The Morgan fingerprint density at radius 2 is 1.87 bits per heavy atom. The molecule has 0 saturated carbocycles. The van der Waals surface area contributed by atoms with E-state index in [9.17, 15) is 0 Å². The molecule has 3 heteroatoms. The molecule has 1 aliphatic carbocycles. The maximum atomic E-state index is 5.85. The second kappa shape index (κ2) is 3.95. The van der Waals surface area contributed by atoms with Gasteiger partial charge in [0.1, 0.15) is 0 Å². The van der Waals surface area contributed by atoms with Crippen molar-refractivity contribution in [2.75, 3.05) is 14.2 Å². The SMILES string of the molecule is COc1cc2c(cc1OC)CC(N)C=C2. The third-order valence-electron chi connectivity index (χ3n) is 2.62. The fourth-order valence-corrected chi connectivity index (χ4v) is 1.82. The van der Waals surface area contributed by atoms with Crippen LogP contribution in [0, 0.1) is 0 Å². The van der Waals surface area contributed by atoms with Crippen molar-refractivity contribution >= 4 is 6.08 Å². The lowest BCUT2D eigenvalue weighted by Gasteiger charge is -2.18. The highest BCUT2D eigenvalue weighted by Crippen LogP contribution is 2.33. The summed E-state index contributed by atoms with van der Waals surface area (Å²) in [5.74, 6) is 1.52. The van der Waals surface area contributed by atoms with E-state index in [0.717, 1.165) is 23.5 Å². The predicted molar refractivity (Wildman–Crippen MR) is 60.3 cm³/mol. The van der Waals surface area contributed by atoms with Gasteiger partial charge < -0.3 is 15.2 Å². The van der Waals surface area contributed by atoms with E-state index < -0.39 is 0 Å². The van der Waals surface area contributed by atoms with E-state index in [-0.39, 0.29) is 6.04 Å². The molecule has 1 aromatic rings. The van der Waals surface area contributed by atoms with Crippen molar-refractivity contribution in [3.63, 3.8) is 0 Å². The summed E-state index contributed by atoms with van der Waals surface area (Å²) in [7, 11) is 3.28. The standard InChI is InChI=1S/C12H15NO2/c1-14-11-6-8-3-4-10(13)5-9(8)7-12(11)15-2/h3-4,6-7,10H,5,13H2,1-2H3. The molecule has 0 aliphatic heterocycles. The number of hydrogen-bond acceptors (Lipinski definition) is 3. The molecular weight excluding hydrogens is 190 g/mol. The van der Waals surface area contributed by atoms with Gasteiger partial charge >= 0.3 is 0 Å². The topological polar surface area (TPSA) is 44.5 Å². The van der Waals surface area contributed by atoms with E-state index in [1.165, 1.54) is 5.56 Å². The van der Waals surface area contributed by atoms with Gasteiger partial charge in [-0.15, -0.1) is 0 Å². The van der Waals surface area contributed by atoms with Gasteiger partial charge in [0.15, 0.2) is 11.5 Å². The van der Waals surface area contributed by atoms with Crippen LogP contribution in [-0.2, 0) is 6.42 Å². The van der Waals surface area contributed by atoms with E-state index in [1.807, 2.05) is 24.3 Å². The monoisotopic (exact) mass is 205 g/mol. The van der Waals surface area contributed by atoms with Crippen molar-refractivity contribution < 1.29 is 9.47 Å². The number of benzene rings is 1. The summed E-state index contributed by atoms with van der Waals surface area (Å²) in [6.45, 7) is 0. The zero-order chi connectivity index (χ0) is 10.8. The third-order valence-corrected chi connectivity index (χ3v) is 2.62. The molecule has 1 aliphatic rings. The van der Waals surface area contributed by atoms with Gasteiger partial charge in [-0.25, -0.2) is 0 Å². The predicted octanol–water partition coefficient (Wildman–Crippen LogP) is 1.60. The highest BCUT2D eigenvalue weighted by molar-refractivity contribution is 5.63. The van der Waals surface area contributed by atoms with Crippen LogP contribution in [0.2, 0.25) is 0 Å². The third kappa shape index (κ3) is 1.83. The second-order valence-electron chi connectivity index (χ2n) is 3.63. The molecule has 0 fully saturated rings. The van der Waals surface area contributed by atoms with Crippen molar-refractivity contribution in [2.24, 2.45) is 5.73 Å². The Labute approximate surface area is 89.5 Å². The van der Waals surface area contributed by atoms with Crippen LogP contribution in [0.5, 0.6) is 11.5 Å². The molecule has 2 rings (SSSR count). The molecule has 15 heavy (non-hydrogen) atoms. The summed E-state index contributed by atoms with van der Waals surface area (Å²) >= 11 is 0. The summed E-state index contributed by atoms with van der Waals surface area (Å²) in [4.78, 5) is 0. The Bertz CT molecular complexity index is 399. The van der Waals surface area contributed by atoms with E-state index in [0.29, 0.717) is 0 Å². The lowest BCUT2D eigenvalue weighted by molar-refractivity contribution is 0.354. The molecule has 1 aromatic carbocycles. The fourth-order valence-electron chi connectivity index (χ4n) is 1.82. The smallest absolute Gasteiger partial charge is 0.161 e. The number of ether oxygens (including phenoxy) is 2. The van der Waals surface area contributed by atoms with E-state index in [2.05, 4.69) is 0 Å². The van der Waals surface area contributed by atoms with Gasteiger partial charge in [-0.1, -0.05) is 12.2 Å². The summed E-state index contributed by atoms with van der Waals surface area (Å²) in [6.07, 6.45) is 4.89. The van der Waals surface area contributed by atoms with Gasteiger partial charge in [0.2, 0.25) is 0 Å². The zero-order valence-electron chi connectivity index (χ0n) is 8.99. The molecule has 1 unspecified atom stereocenters. The van der Waals surface area contributed by atoms with Crippen molar-refractivity contribution in [2.45, 2.75) is 12.5 Å². The molecule has 1 atom stereocenters. The lowest BCUT2D eigenvalue weighted by atomic mass is 9.94. The van der Waals surface area contributed by atoms with Crippen LogP contribution in [0.4, 0.5) is 0 Å². The number of fused-ring (bicyclic) bond motifs is 1. The van der Waals surface area contributed by atoms with E-state index in [1.54, 1.807) is 14.2 Å². The van der Waals surface area contributed by atoms with Crippen molar-refractivity contribution in [1.82, 2.24) is 0 Å². The first-order valence-corrected chi connectivity index (χ1v) is 4.93.